The first-order valence-electron chi connectivity index (χ1n) is 6.40. The standard InChI is InChI=1S/C16H17FO3/c1-3-20-13-7-4-11(5-8-13)16(18)12-6-9-15(19-2)14(17)10-12/h4-10,16,18H,3H2,1-2H3. The molecule has 2 aromatic carbocycles. The molecular formula is C16H17FO3. The Labute approximate surface area is 117 Å². The monoisotopic (exact) mass is 276 g/mol. The number of ether oxygens (including phenoxy) is 2. The van der Waals surface area contributed by atoms with Crippen molar-refractivity contribution in [3.8, 4) is 11.5 Å². The fourth-order valence-electron chi connectivity index (χ4n) is 1.96. The van der Waals surface area contributed by atoms with Crippen LogP contribution in [-0.2, 0) is 0 Å². The van der Waals surface area contributed by atoms with Crippen LogP contribution in [0, 0.1) is 5.82 Å². The van der Waals surface area contributed by atoms with Gasteiger partial charge in [0.2, 0.25) is 0 Å². The lowest BCUT2D eigenvalue weighted by Gasteiger charge is -2.13. The van der Waals surface area contributed by atoms with Crippen molar-refractivity contribution in [3.05, 3.63) is 59.4 Å². The molecule has 0 saturated heterocycles. The number of rotatable bonds is 5. The fraction of sp³-hybridized carbons (Fsp3) is 0.250. The summed E-state index contributed by atoms with van der Waals surface area (Å²) in [6.45, 7) is 2.49. The van der Waals surface area contributed by atoms with E-state index in [0.29, 0.717) is 17.7 Å². The molecule has 0 saturated carbocycles. The maximum absolute atomic E-state index is 13.6. The summed E-state index contributed by atoms with van der Waals surface area (Å²) in [5, 5.41) is 10.3. The number of halogens is 1. The first-order valence-corrected chi connectivity index (χ1v) is 6.40. The summed E-state index contributed by atoms with van der Waals surface area (Å²) in [6.07, 6.45) is -0.883. The number of aliphatic hydroxyl groups excluding tert-OH is 1. The SMILES string of the molecule is CCOc1ccc(C(O)c2ccc(OC)c(F)c2)cc1. The van der Waals surface area contributed by atoms with E-state index in [-0.39, 0.29) is 5.75 Å². The summed E-state index contributed by atoms with van der Waals surface area (Å²) in [5.74, 6) is 0.409. The van der Waals surface area contributed by atoms with Crippen molar-refractivity contribution in [2.45, 2.75) is 13.0 Å². The highest BCUT2D eigenvalue weighted by molar-refractivity contribution is 5.37. The Kier molecular flexibility index (Phi) is 4.58. The summed E-state index contributed by atoms with van der Waals surface area (Å²) in [5.41, 5.74) is 1.16. The van der Waals surface area contributed by atoms with Crippen LogP contribution in [0.15, 0.2) is 42.5 Å². The molecule has 0 aliphatic rings. The van der Waals surface area contributed by atoms with E-state index in [4.69, 9.17) is 9.47 Å². The first kappa shape index (κ1) is 14.3. The lowest BCUT2D eigenvalue weighted by atomic mass is 10.0. The number of benzene rings is 2. The maximum Gasteiger partial charge on any atom is 0.165 e. The van der Waals surface area contributed by atoms with Crippen molar-refractivity contribution in [1.29, 1.82) is 0 Å². The highest BCUT2D eigenvalue weighted by Gasteiger charge is 2.13. The Morgan fingerprint density at radius 3 is 2.30 bits per heavy atom. The highest BCUT2D eigenvalue weighted by atomic mass is 19.1. The third-order valence-corrected chi connectivity index (χ3v) is 3.00. The summed E-state index contributed by atoms with van der Waals surface area (Å²) in [7, 11) is 1.40. The van der Waals surface area contributed by atoms with Crippen LogP contribution in [0.3, 0.4) is 0 Å². The van der Waals surface area contributed by atoms with Gasteiger partial charge < -0.3 is 14.6 Å². The van der Waals surface area contributed by atoms with E-state index < -0.39 is 11.9 Å². The van der Waals surface area contributed by atoms with Crippen molar-refractivity contribution in [2.75, 3.05) is 13.7 Å². The van der Waals surface area contributed by atoms with Gasteiger partial charge in [0.25, 0.3) is 0 Å². The second-order valence-electron chi connectivity index (χ2n) is 4.30. The van der Waals surface area contributed by atoms with Crippen molar-refractivity contribution >= 4 is 0 Å². The van der Waals surface area contributed by atoms with E-state index in [1.165, 1.54) is 19.2 Å². The van der Waals surface area contributed by atoms with Gasteiger partial charge in [-0.1, -0.05) is 18.2 Å². The van der Waals surface area contributed by atoms with Gasteiger partial charge >= 0.3 is 0 Å². The first-order chi connectivity index (χ1) is 9.65. The van der Waals surface area contributed by atoms with Crippen LogP contribution in [0.25, 0.3) is 0 Å². The summed E-state index contributed by atoms with van der Waals surface area (Å²) in [6, 6.07) is 11.5. The van der Waals surface area contributed by atoms with E-state index in [2.05, 4.69) is 0 Å². The van der Waals surface area contributed by atoms with Gasteiger partial charge in [-0.3, -0.25) is 0 Å². The predicted molar refractivity (Wildman–Crippen MR) is 74.6 cm³/mol. The van der Waals surface area contributed by atoms with E-state index in [1.807, 2.05) is 6.92 Å². The molecule has 0 heterocycles. The van der Waals surface area contributed by atoms with Crippen LogP contribution in [0.4, 0.5) is 4.39 Å². The van der Waals surface area contributed by atoms with Crippen molar-refractivity contribution in [2.24, 2.45) is 0 Å². The van der Waals surface area contributed by atoms with Crippen LogP contribution < -0.4 is 9.47 Å². The molecule has 0 aromatic heterocycles. The van der Waals surface area contributed by atoms with Gasteiger partial charge in [-0.2, -0.15) is 0 Å². The third kappa shape index (κ3) is 3.08. The molecule has 3 nitrogen and oxygen atoms in total. The number of hydrogen-bond donors (Lipinski definition) is 1. The molecule has 2 rings (SSSR count). The molecule has 0 fully saturated rings. The minimum absolute atomic E-state index is 0.160. The molecule has 0 amide bonds. The lowest BCUT2D eigenvalue weighted by molar-refractivity contribution is 0.219. The molecule has 0 spiro atoms. The molecule has 1 N–H and O–H groups in total. The zero-order chi connectivity index (χ0) is 14.5. The molecule has 2 aromatic rings. The van der Waals surface area contributed by atoms with Crippen LogP contribution >= 0.6 is 0 Å². The van der Waals surface area contributed by atoms with Gasteiger partial charge in [-0.05, 0) is 42.3 Å². The average Bonchev–Trinajstić information content (AvgIpc) is 2.47. The minimum atomic E-state index is -0.883. The van der Waals surface area contributed by atoms with Gasteiger partial charge in [0, 0.05) is 0 Å². The van der Waals surface area contributed by atoms with Crippen molar-refractivity contribution < 1.29 is 19.0 Å². The molecule has 20 heavy (non-hydrogen) atoms. The van der Waals surface area contributed by atoms with Gasteiger partial charge in [-0.15, -0.1) is 0 Å². The van der Waals surface area contributed by atoms with Gasteiger partial charge in [0.15, 0.2) is 11.6 Å². The molecule has 0 aliphatic carbocycles. The molecule has 1 atom stereocenters. The molecule has 1 unspecified atom stereocenters. The van der Waals surface area contributed by atoms with Gasteiger partial charge in [0.05, 0.1) is 13.7 Å². The largest absolute Gasteiger partial charge is 0.494 e. The fourth-order valence-corrected chi connectivity index (χ4v) is 1.96. The predicted octanol–water partition coefficient (Wildman–Crippen LogP) is 3.31. The maximum atomic E-state index is 13.6. The molecule has 0 aliphatic heterocycles. The van der Waals surface area contributed by atoms with Crippen LogP contribution in [0.2, 0.25) is 0 Å². The topological polar surface area (TPSA) is 38.7 Å². The smallest absolute Gasteiger partial charge is 0.165 e. The molecule has 0 radical (unpaired) electrons. The Morgan fingerprint density at radius 2 is 1.75 bits per heavy atom. The molecule has 4 heteroatoms. The van der Waals surface area contributed by atoms with Gasteiger partial charge in [-0.25, -0.2) is 4.39 Å². The van der Waals surface area contributed by atoms with Crippen molar-refractivity contribution in [3.63, 3.8) is 0 Å². The second kappa shape index (κ2) is 6.39. The lowest BCUT2D eigenvalue weighted by Crippen LogP contribution is -2.01. The average molecular weight is 276 g/mol. The highest BCUT2D eigenvalue weighted by Crippen LogP contribution is 2.27. The quantitative estimate of drug-likeness (QED) is 0.910. The molecule has 106 valence electrons. The summed E-state index contributed by atoms with van der Waals surface area (Å²) in [4.78, 5) is 0. The molecular weight excluding hydrogens is 259 g/mol. The Bertz CT molecular complexity index is 566. The van der Waals surface area contributed by atoms with Crippen LogP contribution in [-0.4, -0.2) is 18.8 Å². The Morgan fingerprint density at radius 1 is 1.10 bits per heavy atom. The van der Waals surface area contributed by atoms with E-state index in [1.54, 1.807) is 30.3 Å². The van der Waals surface area contributed by atoms with Crippen LogP contribution in [0.1, 0.15) is 24.2 Å². The Balaban J connectivity index is 2.21. The number of methoxy groups -OCH3 is 1. The van der Waals surface area contributed by atoms with E-state index in [0.717, 1.165) is 5.75 Å². The third-order valence-electron chi connectivity index (χ3n) is 3.00. The normalized spacial score (nSPS) is 12.0. The summed E-state index contributed by atoms with van der Waals surface area (Å²) >= 11 is 0. The minimum Gasteiger partial charge on any atom is -0.494 e. The zero-order valence-corrected chi connectivity index (χ0v) is 11.5. The number of aliphatic hydroxyl groups is 1. The van der Waals surface area contributed by atoms with Gasteiger partial charge in [0.1, 0.15) is 11.9 Å². The number of hydrogen-bond acceptors (Lipinski definition) is 3. The summed E-state index contributed by atoms with van der Waals surface area (Å²) < 4.78 is 23.8. The zero-order valence-electron chi connectivity index (χ0n) is 11.5. The Hall–Kier alpha value is -2.07. The molecule has 0 bridgehead atoms. The van der Waals surface area contributed by atoms with Crippen molar-refractivity contribution in [1.82, 2.24) is 0 Å². The van der Waals surface area contributed by atoms with Crippen LogP contribution in [0.5, 0.6) is 11.5 Å². The van der Waals surface area contributed by atoms with E-state index >= 15 is 0 Å². The second-order valence-corrected chi connectivity index (χ2v) is 4.30. The van der Waals surface area contributed by atoms with E-state index in [9.17, 15) is 9.50 Å².